The maximum absolute atomic E-state index is 7.30. The Balaban J connectivity index is 2.51. The molecule has 0 radical (unpaired) electrons. The van der Waals surface area contributed by atoms with E-state index in [9.17, 15) is 0 Å². The fourth-order valence-corrected chi connectivity index (χ4v) is 0.833. The van der Waals surface area contributed by atoms with Crippen LogP contribution in [0.2, 0.25) is 0 Å². The van der Waals surface area contributed by atoms with Crippen molar-refractivity contribution >= 4 is 23.7 Å². The molecule has 0 amide bonds. The third-order valence-corrected chi connectivity index (χ3v) is 1.28. The fraction of sp³-hybridized carbons (Fsp3) is 0.200. The average molecular weight is 151 g/mol. The quantitative estimate of drug-likeness (QED) is 0.439. The largest absolute Gasteiger partial charge is 0.382 e. The van der Waals surface area contributed by atoms with Crippen LogP contribution in [0.25, 0.3) is 0 Å². The molecule has 0 aromatic heterocycles. The van der Waals surface area contributed by atoms with Crippen LogP contribution in [-0.2, 0) is 0 Å². The number of nitrogens with zero attached hydrogens (tertiary/aromatic N) is 4. The summed E-state index contributed by atoms with van der Waals surface area (Å²) in [6, 6.07) is 0. The second kappa shape index (κ2) is 1.96. The Hall–Kier alpha value is -1.56. The molecule has 2 aliphatic rings. The van der Waals surface area contributed by atoms with Crippen molar-refractivity contribution < 1.29 is 1.37 Å². The van der Waals surface area contributed by atoms with Crippen molar-refractivity contribution in [2.45, 2.75) is 6.27 Å². The predicted molar refractivity (Wildman–Crippen MR) is 43.0 cm³/mol. The van der Waals surface area contributed by atoms with Crippen molar-refractivity contribution in [1.29, 1.82) is 0 Å². The van der Waals surface area contributed by atoms with E-state index < -0.39 is 6.27 Å². The van der Waals surface area contributed by atoms with Gasteiger partial charge in [-0.3, -0.25) is 5.73 Å². The summed E-state index contributed by atoms with van der Waals surface area (Å²) in [6.07, 6.45) is -0.446. The molecular weight excluding hydrogens is 144 g/mol. The van der Waals surface area contributed by atoms with Crippen LogP contribution in [0.4, 0.5) is 0 Å². The topological polar surface area (TPSA) is 101 Å². The van der Waals surface area contributed by atoms with Crippen LogP contribution in [0.3, 0.4) is 0 Å². The Bertz CT molecular complexity index is 349. The van der Waals surface area contributed by atoms with E-state index in [-0.39, 0.29) is 11.7 Å². The van der Waals surface area contributed by atoms with Gasteiger partial charge in [-0.2, -0.15) is 0 Å². The van der Waals surface area contributed by atoms with Gasteiger partial charge in [-0.15, -0.1) is 0 Å². The zero-order valence-corrected chi connectivity index (χ0v) is 5.52. The molecule has 2 aliphatic heterocycles. The Kier molecular flexibility index (Phi) is 0.915. The monoisotopic (exact) mass is 151 g/mol. The zero-order chi connectivity index (χ0) is 8.77. The number of fused-ring (bicyclic) bond motifs is 1. The second-order valence-corrected chi connectivity index (χ2v) is 2.01. The van der Waals surface area contributed by atoms with Crippen molar-refractivity contribution in [3.05, 3.63) is 0 Å². The van der Waals surface area contributed by atoms with Gasteiger partial charge in [0.05, 0.1) is 1.37 Å². The van der Waals surface area contributed by atoms with Gasteiger partial charge < -0.3 is 5.73 Å². The van der Waals surface area contributed by atoms with Gasteiger partial charge >= 0.3 is 0 Å². The van der Waals surface area contributed by atoms with Gasteiger partial charge in [0.2, 0.25) is 0 Å². The molecule has 6 nitrogen and oxygen atoms in total. The normalized spacial score (nSPS) is 35.4. The maximum Gasteiger partial charge on any atom is 0.196 e. The number of amidine groups is 2. The highest BCUT2D eigenvalue weighted by Crippen LogP contribution is 2.03. The van der Waals surface area contributed by atoms with Crippen molar-refractivity contribution in [3.63, 3.8) is 0 Å². The molecule has 0 aromatic carbocycles. The second-order valence-electron chi connectivity index (χ2n) is 2.01. The van der Waals surface area contributed by atoms with Gasteiger partial charge in [-0.05, 0) is 0 Å². The number of hydrogen-bond donors (Lipinski definition) is 2. The first-order chi connectivity index (χ1) is 5.58. The molecule has 0 aliphatic carbocycles. The van der Waals surface area contributed by atoms with E-state index >= 15 is 0 Å². The van der Waals surface area contributed by atoms with Crippen molar-refractivity contribution in [2.75, 3.05) is 0 Å². The van der Waals surface area contributed by atoms with Crippen LogP contribution >= 0.6 is 0 Å². The molecule has 11 heavy (non-hydrogen) atoms. The molecule has 0 saturated heterocycles. The van der Waals surface area contributed by atoms with Crippen LogP contribution in [0.15, 0.2) is 20.0 Å². The molecule has 1 atom stereocenters. The lowest BCUT2D eigenvalue weighted by atomic mass is 10.3. The highest BCUT2D eigenvalue weighted by molar-refractivity contribution is 6.70. The van der Waals surface area contributed by atoms with E-state index in [0.29, 0.717) is 5.71 Å². The summed E-state index contributed by atoms with van der Waals surface area (Å²) in [7, 11) is 0. The minimum Gasteiger partial charge on any atom is -0.382 e. The summed E-state index contributed by atoms with van der Waals surface area (Å²) in [4.78, 5) is 14.9. The molecule has 0 fully saturated rings. The standard InChI is InChI=1S/C5H6N6/c6-3-2-4(9-1-8-2)11-5(7)10-3/h1,5H,7H2,(H2,6,10)/i5D. The van der Waals surface area contributed by atoms with Gasteiger partial charge in [0, 0.05) is 0 Å². The molecule has 6 heteroatoms. The number of hydrogen-bond acceptors (Lipinski definition) is 6. The first-order valence-electron chi connectivity index (χ1n) is 3.44. The first kappa shape index (κ1) is 5.14. The van der Waals surface area contributed by atoms with Gasteiger partial charge in [-0.1, -0.05) is 0 Å². The van der Waals surface area contributed by atoms with Crippen LogP contribution in [0.5, 0.6) is 0 Å². The summed E-state index contributed by atoms with van der Waals surface area (Å²) in [5.41, 5.74) is 11.2. The Labute approximate surface area is 63.9 Å². The Morgan fingerprint density at radius 1 is 1.55 bits per heavy atom. The smallest absolute Gasteiger partial charge is 0.196 e. The third kappa shape index (κ3) is 0.838. The number of aliphatic imine (C=N–C) groups is 4. The van der Waals surface area contributed by atoms with Crippen molar-refractivity contribution in [3.8, 4) is 0 Å². The van der Waals surface area contributed by atoms with Crippen LogP contribution in [0, 0.1) is 0 Å². The first-order valence-corrected chi connectivity index (χ1v) is 2.94. The average Bonchev–Trinajstić information content (AvgIpc) is 2.31. The Morgan fingerprint density at radius 2 is 2.36 bits per heavy atom. The lowest BCUT2D eigenvalue weighted by molar-refractivity contribution is 0.752. The molecule has 1 unspecified atom stereocenters. The van der Waals surface area contributed by atoms with Crippen LogP contribution < -0.4 is 11.5 Å². The minimum absolute atomic E-state index is 0.106. The summed E-state index contributed by atoms with van der Waals surface area (Å²) in [5.74, 6) is 0.384. The van der Waals surface area contributed by atoms with Crippen molar-refractivity contribution in [1.82, 2.24) is 0 Å². The van der Waals surface area contributed by atoms with E-state index in [1.54, 1.807) is 0 Å². The number of rotatable bonds is 0. The molecule has 2 heterocycles. The fourth-order valence-electron chi connectivity index (χ4n) is 0.833. The third-order valence-electron chi connectivity index (χ3n) is 1.28. The summed E-state index contributed by atoms with van der Waals surface area (Å²) in [6.45, 7) is 0. The van der Waals surface area contributed by atoms with E-state index in [1.165, 1.54) is 6.34 Å². The molecular formula is C5H6N6. The zero-order valence-electron chi connectivity index (χ0n) is 6.52. The molecule has 4 N–H and O–H groups in total. The summed E-state index contributed by atoms with van der Waals surface area (Å²) < 4.78 is 7.30. The van der Waals surface area contributed by atoms with Gasteiger partial charge in [-0.25, -0.2) is 20.0 Å². The lowest BCUT2D eigenvalue weighted by Crippen LogP contribution is -2.36. The van der Waals surface area contributed by atoms with Gasteiger partial charge in [0.25, 0.3) is 0 Å². The van der Waals surface area contributed by atoms with E-state index in [4.69, 9.17) is 12.8 Å². The van der Waals surface area contributed by atoms with Crippen molar-refractivity contribution in [2.24, 2.45) is 31.4 Å². The SMILES string of the molecule is [2H]C1(N)N=C(N)C2=NC=NC2=N1. The molecule has 0 bridgehead atoms. The van der Waals surface area contributed by atoms with E-state index in [0.717, 1.165) is 0 Å². The highest BCUT2D eigenvalue weighted by atomic mass is 15.2. The minimum atomic E-state index is -1.75. The predicted octanol–water partition coefficient (Wildman–Crippen LogP) is -1.52. The molecule has 2 rings (SSSR count). The molecule has 56 valence electrons. The van der Waals surface area contributed by atoms with Gasteiger partial charge in [0.1, 0.15) is 6.34 Å². The van der Waals surface area contributed by atoms with Gasteiger partial charge in [0.15, 0.2) is 23.6 Å². The lowest BCUT2D eigenvalue weighted by Gasteiger charge is -2.09. The molecule has 0 saturated carbocycles. The molecule has 0 aromatic rings. The Morgan fingerprint density at radius 3 is 3.18 bits per heavy atom. The summed E-state index contributed by atoms with van der Waals surface area (Å²) in [5, 5.41) is 0. The number of nitrogens with two attached hydrogens (primary N) is 2. The maximum atomic E-state index is 7.30. The highest BCUT2D eigenvalue weighted by Gasteiger charge is 2.21. The van der Waals surface area contributed by atoms with Crippen LogP contribution in [-0.4, -0.2) is 30.0 Å². The van der Waals surface area contributed by atoms with Crippen LogP contribution in [0.1, 0.15) is 1.37 Å². The molecule has 0 spiro atoms. The van der Waals surface area contributed by atoms with E-state index in [2.05, 4.69) is 20.0 Å². The summed E-state index contributed by atoms with van der Waals surface area (Å²) >= 11 is 0. The van der Waals surface area contributed by atoms with E-state index in [1.807, 2.05) is 0 Å².